The first kappa shape index (κ1) is 11.9. The maximum Gasteiger partial charge on any atom is 0.316 e. The second kappa shape index (κ2) is 4.81. The van der Waals surface area contributed by atoms with Crippen LogP contribution in [0.15, 0.2) is 30.3 Å². The van der Waals surface area contributed by atoms with Gasteiger partial charge in [-0.15, -0.1) is 0 Å². The summed E-state index contributed by atoms with van der Waals surface area (Å²) in [7, 11) is -3.88. The Morgan fingerprint density at radius 3 is 2.08 bits per heavy atom. The fraction of sp³-hybridized carbons (Fsp3) is 0.143. The van der Waals surface area contributed by atoms with E-state index >= 15 is 0 Å². The van der Waals surface area contributed by atoms with Crippen molar-refractivity contribution in [2.75, 3.05) is 0 Å². The first-order chi connectivity index (χ1) is 5.08. The second-order valence-electron chi connectivity index (χ2n) is 2.21. The Labute approximate surface area is 87.7 Å². The van der Waals surface area contributed by atoms with Crippen molar-refractivity contribution in [1.29, 1.82) is 0 Å². The molecule has 5 heteroatoms. The van der Waals surface area contributed by atoms with Gasteiger partial charge in [0, 0.05) is 0 Å². The molecule has 12 heavy (non-hydrogen) atoms. The molecular weight excluding hydrogens is 188 g/mol. The molecule has 0 aliphatic carbocycles. The third-order valence-corrected chi connectivity index (χ3v) is 1.89. The second-order valence-corrected chi connectivity index (χ2v) is 3.66. The van der Waals surface area contributed by atoms with E-state index in [1.54, 1.807) is 30.3 Å². The normalized spacial score (nSPS) is 10.4. The van der Waals surface area contributed by atoms with E-state index in [9.17, 15) is 8.42 Å². The van der Waals surface area contributed by atoms with Crippen molar-refractivity contribution in [2.24, 2.45) is 0 Å². The molecule has 0 saturated heterocycles. The average Bonchev–Trinajstić information content (AvgIpc) is 1.85. The molecule has 0 radical (unpaired) electrons. The summed E-state index contributed by atoms with van der Waals surface area (Å²) in [5, 5.41) is 0. The van der Waals surface area contributed by atoms with Gasteiger partial charge in [-0.3, -0.25) is 4.55 Å². The lowest BCUT2D eigenvalue weighted by Gasteiger charge is -1.95. The Balaban J connectivity index is 0.00000121. The summed E-state index contributed by atoms with van der Waals surface area (Å²) in [6, 6.07) is 8.52. The molecular formula is C7H10MgO3S. The Morgan fingerprint density at radius 2 is 1.67 bits per heavy atom. The number of hydrogen-bond donors (Lipinski definition) is 1. The van der Waals surface area contributed by atoms with Crippen LogP contribution in [0.1, 0.15) is 5.56 Å². The van der Waals surface area contributed by atoms with Gasteiger partial charge in [0.2, 0.25) is 0 Å². The zero-order valence-corrected chi connectivity index (χ0v) is 6.58. The summed E-state index contributed by atoms with van der Waals surface area (Å²) < 4.78 is 29.2. The standard InChI is InChI=1S/C7H8O3S.Mg.2H/c8-11(9,10)6-7-4-2-1-3-5-7;;;/h1-5H,6H2,(H,8,9,10);;;. The average molecular weight is 199 g/mol. The molecule has 0 aliphatic heterocycles. The van der Waals surface area contributed by atoms with Crippen molar-refractivity contribution >= 4 is 33.2 Å². The van der Waals surface area contributed by atoms with Crippen LogP contribution >= 0.6 is 0 Å². The third-order valence-electron chi connectivity index (χ3n) is 1.19. The first-order valence-electron chi connectivity index (χ1n) is 3.07. The van der Waals surface area contributed by atoms with Crippen molar-refractivity contribution in [3.8, 4) is 0 Å². The van der Waals surface area contributed by atoms with Gasteiger partial charge in [-0.25, -0.2) is 0 Å². The van der Waals surface area contributed by atoms with Gasteiger partial charge < -0.3 is 0 Å². The molecule has 0 bridgehead atoms. The molecule has 1 aromatic rings. The molecule has 0 atom stereocenters. The smallest absolute Gasteiger partial charge is 0.285 e. The van der Waals surface area contributed by atoms with Gasteiger partial charge in [-0.05, 0) is 5.56 Å². The summed E-state index contributed by atoms with van der Waals surface area (Å²) in [6.07, 6.45) is 0. The van der Waals surface area contributed by atoms with E-state index in [0.29, 0.717) is 5.56 Å². The molecule has 1 N–H and O–H groups in total. The van der Waals surface area contributed by atoms with Gasteiger partial charge in [0.25, 0.3) is 10.1 Å². The number of hydrogen-bond acceptors (Lipinski definition) is 2. The highest BCUT2D eigenvalue weighted by Crippen LogP contribution is 2.02. The van der Waals surface area contributed by atoms with E-state index < -0.39 is 10.1 Å². The molecule has 0 aromatic heterocycles. The van der Waals surface area contributed by atoms with Crippen LogP contribution < -0.4 is 0 Å². The molecule has 0 spiro atoms. The van der Waals surface area contributed by atoms with E-state index in [0.717, 1.165) is 0 Å². The molecule has 1 rings (SSSR count). The van der Waals surface area contributed by atoms with Gasteiger partial charge in [-0.1, -0.05) is 30.3 Å². The minimum absolute atomic E-state index is 0. The fourth-order valence-corrected chi connectivity index (χ4v) is 1.40. The van der Waals surface area contributed by atoms with E-state index in [-0.39, 0.29) is 28.8 Å². The molecule has 64 valence electrons. The highest BCUT2D eigenvalue weighted by molar-refractivity contribution is 7.85. The number of rotatable bonds is 2. The monoisotopic (exact) mass is 198 g/mol. The van der Waals surface area contributed by atoms with Crippen molar-refractivity contribution in [3.05, 3.63) is 35.9 Å². The van der Waals surface area contributed by atoms with Gasteiger partial charge in [0.05, 0.1) is 0 Å². The lowest BCUT2D eigenvalue weighted by atomic mass is 10.2. The highest BCUT2D eigenvalue weighted by atomic mass is 32.2. The minimum atomic E-state index is -3.88. The highest BCUT2D eigenvalue weighted by Gasteiger charge is 2.04. The fourth-order valence-electron chi connectivity index (χ4n) is 0.785. The first-order valence-corrected chi connectivity index (χ1v) is 4.68. The predicted molar refractivity (Wildman–Crippen MR) is 50.2 cm³/mol. The Morgan fingerprint density at radius 1 is 1.17 bits per heavy atom. The summed E-state index contributed by atoms with van der Waals surface area (Å²) >= 11 is 0. The molecule has 1 aromatic carbocycles. The minimum Gasteiger partial charge on any atom is -0.285 e. The summed E-state index contributed by atoms with van der Waals surface area (Å²) in [5.41, 5.74) is 0.593. The molecule has 0 heterocycles. The van der Waals surface area contributed by atoms with Gasteiger partial charge >= 0.3 is 23.1 Å². The van der Waals surface area contributed by atoms with Gasteiger partial charge in [-0.2, -0.15) is 8.42 Å². The van der Waals surface area contributed by atoms with Crippen LogP contribution in [0, 0.1) is 0 Å². The zero-order chi connectivity index (χ0) is 8.32. The SMILES string of the molecule is O=S(=O)(O)Cc1ccccc1.[MgH2]. The quantitative estimate of drug-likeness (QED) is 0.544. The van der Waals surface area contributed by atoms with Crippen LogP contribution in [0.3, 0.4) is 0 Å². The van der Waals surface area contributed by atoms with Crippen LogP contribution in [0.25, 0.3) is 0 Å². The topological polar surface area (TPSA) is 54.4 Å². The Kier molecular flexibility index (Phi) is 4.77. The Bertz CT molecular complexity index is 320. The van der Waals surface area contributed by atoms with Gasteiger partial charge in [0.15, 0.2) is 0 Å². The van der Waals surface area contributed by atoms with E-state index in [2.05, 4.69) is 0 Å². The van der Waals surface area contributed by atoms with Crippen LogP contribution in [0.2, 0.25) is 0 Å². The molecule has 0 amide bonds. The van der Waals surface area contributed by atoms with Crippen LogP contribution in [0.5, 0.6) is 0 Å². The largest absolute Gasteiger partial charge is 0.316 e. The Hall–Kier alpha value is -0.104. The molecule has 0 fully saturated rings. The van der Waals surface area contributed by atoms with Crippen molar-refractivity contribution in [3.63, 3.8) is 0 Å². The number of benzene rings is 1. The van der Waals surface area contributed by atoms with Crippen LogP contribution in [-0.4, -0.2) is 36.0 Å². The summed E-state index contributed by atoms with van der Waals surface area (Å²) in [5.74, 6) is -0.312. The maximum atomic E-state index is 10.4. The molecule has 0 aliphatic rings. The lowest BCUT2D eigenvalue weighted by Crippen LogP contribution is -2.00. The molecule has 0 unspecified atom stereocenters. The lowest BCUT2D eigenvalue weighted by molar-refractivity contribution is 0.482. The molecule has 0 saturated carbocycles. The van der Waals surface area contributed by atoms with E-state index in [1.165, 1.54) is 0 Å². The summed E-state index contributed by atoms with van der Waals surface area (Å²) in [4.78, 5) is 0. The van der Waals surface area contributed by atoms with E-state index in [4.69, 9.17) is 4.55 Å². The zero-order valence-electron chi connectivity index (χ0n) is 5.77. The summed E-state index contributed by atoms with van der Waals surface area (Å²) in [6.45, 7) is 0. The predicted octanol–water partition coefficient (Wildman–Crippen LogP) is 0.158. The van der Waals surface area contributed by atoms with Crippen LogP contribution in [-0.2, 0) is 15.9 Å². The third kappa shape index (κ3) is 4.71. The van der Waals surface area contributed by atoms with E-state index in [1.807, 2.05) is 0 Å². The molecule has 3 nitrogen and oxygen atoms in total. The van der Waals surface area contributed by atoms with Gasteiger partial charge in [0.1, 0.15) is 5.75 Å². The van der Waals surface area contributed by atoms with Crippen LogP contribution in [0.4, 0.5) is 0 Å². The maximum absolute atomic E-state index is 10.4. The van der Waals surface area contributed by atoms with Crippen molar-refractivity contribution in [2.45, 2.75) is 5.75 Å². The van der Waals surface area contributed by atoms with Crippen molar-refractivity contribution in [1.82, 2.24) is 0 Å². The van der Waals surface area contributed by atoms with Crippen molar-refractivity contribution < 1.29 is 13.0 Å².